The van der Waals surface area contributed by atoms with E-state index in [4.69, 9.17) is 16.1 Å². The molecule has 5 rings (SSSR count). The van der Waals surface area contributed by atoms with Gasteiger partial charge in [0.1, 0.15) is 16.9 Å². The molecule has 0 aromatic carbocycles. The number of H-pyrrole nitrogens is 1. The molecule has 4 aromatic rings. The predicted octanol–water partition coefficient (Wildman–Crippen LogP) is 5.33. The number of carbonyl (C=O) groups is 1. The van der Waals surface area contributed by atoms with Crippen molar-refractivity contribution in [2.24, 2.45) is 10.9 Å². The van der Waals surface area contributed by atoms with Crippen molar-refractivity contribution >= 4 is 52.0 Å². The number of pyridine rings is 2. The van der Waals surface area contributed by atoms with Gasteiger partial charge in [0, 0.05) is 35.1 Å². The summed E-state index contributed by atoms with van der Waals surface area (Å²) in [6, 6.07) is 5.46. The maximum Gasteiger partial charge on any atom is 0.227 e. The van der Waals surface area contributed by atoms with E-state index in [2.05, 4.69) is 32.0 Å². The third-order valence-corrected chi connectivity index (χ3v) is 7.25. The van der Waals surface area contributed by atoms with Crippen LogP contribution in [0.25, 0.3) is 27.7 Å². The molecule has 0 aliphatic heterocycles. The Morgan fingerprint density at radius 1 is 1.26 bits per heavy atom. The monoisotopic (exact) mass is 524 g/mol. The van der Waals surface area contributed by atoms with Gasteiger partial charge in [0.25, 0.3) is 0 Å². The molecule has 4 heterocycles. The number of nitrogens with one attached hydrogen (secondary N) is 3. The lowest BCUT2D eigenvalue weighted by atomic mass is 10.1. The van der Waals surface area contributed by atoms with Crippen LogP contribution < -0.4 is 11.1 Å². The molecule has 0 unspecified atom stereocenters. The summed E-state index contributed by atoms with van der Waals surface area (Å²) in [7, 11) is 0. The normalized spacial score (nSPS) is 14.7. The van der Waals surface area contributed by atoms with Crippen molar-refractivity contribution in [2.45, 2.75) is 32.6 Å². The number of aromatic amines is 1. The SMILES string of the molecule is C=N/C=C(\C=C(/C)NC(=O)C1CCCC1)c1ccc(N)c(C(=N)c2nc3c(-c4ccsc4)cncc3[nH]2)n1. The fourth-order valence-electron chi connectivity index (χ4n) is 4.65. The maximum atomic E-state index is 12.6. The minimum absolute atomic E-state index is 0.0380. The Kier molecular flexibility index (Phi) is 7.23. The Morgan fingerprint density at radius 3 is 2.82 bits per heavy atom. The smallest absolute Gasteiger partial charge is 0.227 e. The number of nitrogen functional groups attached to an aromatic ring is 1. The quantitative estimate of drug-likeness (QED) is 0.182. The van der Waals surface area contributed by atoms with Gasteiger partial charge in [-0.2, -0.15) is 11.3 Å². The van der Waals surface area contributed by atoms with Gasteiger partial charge in [-0.05, 0) is 67.1 Å². The van der Waals surface area contributed by atoms with E-state index in [9.17, 15) is 4.79 Å². The van der Waals surface area contributed by atoms with Gasteiger partial charge in [0.05, 0.1) is 23.1 Å². The lowest BCUT2D eigenvalue weighted by Crippen LogP contribution is -2.27. The number of amides is 1. The number of thiophene rings is 1. The number of fused-ring (bicyclic) bond motifs is 1. The fourth-order valence-corrected chi connectivity index (χ4v) is 5.31. The number of nitrogens with two attached hydrogens (primary N) is 1. The highest BCUT2D eigenvalue weighted by molar-refractivity contribution is 7.08. The summed E-state index contributed by atoms with van der Waals surface area (Å²) in [6.45, 7) is 5.41. The molecular formula is C28H28N8OS. The molecule has 1 fully saturated rings. The van der Waals surface area contributed by atoms with E-state index in [0.29, 0.717) is 28.5 Å². The number of nitrogens with zero attached hydrogens (tertiary/aromatic N) is 4. The number of anilines is 1. The van der Waals surface area contributed by atoms with Crippen LogP contribution in [-0.4, -0.2) is 38.3 Å². The lowest BCUT2D eigenvalue weighted by molar-refractivity contribution is -0.124. The Bertz CT molecular complexity index is 1580. The largest absolute Gasteiger partial charge is 0.397 e. The molecule has 0 saturated heterocycles. The van der Waals surface area contributed by atoms with E-state index < -0.39 is 0 Å². The molecule has 0 radical (unpaired) electrons. The molecule has 1 amide bonds. The Hall–Kier alpha value is -4.44. The van der Waals surface area contributed by atoms with Gasteiger partial charge in [-0.15, -0.1) is 0 Å². The first kappa shape index (κ1) is 25.2. The second-order valence-electron chi connectivity index (χ2n) is 9.25. The second kappa shape index (κ2) is 10.9. The molecule has 10 heteroatoms. The number of carbonyl (C=O) groups excluding carboxylic acids is 1. The minimum Gasteiger partial charge on any atom is -0.397 e. The van der Waals surface area contributed by atoms with Crippen LogP contribution >= 0.6 is 11.3 Å². The molecule has 0 atom stereocenters. The summed E-state index contributed by atoms with van der Waals surface area (Å²) in [5.74, 6) is 0.434. The van der Waals surface area contributed by atoms with Gasteiger partial charge < -0.3 is 16.0 Å². The summed E-state index contributed by atoms with van der Waals surface area (Å²) in [4.78, 5) is 33.4. The highest BCUT2D eigenvalue weighted by atomic mass is 32.1. The van der Waals surface area contributed by atoms with Crippen molar-refractivity contribution in [2.75, 3.05) is 5.73 Å². The van der Waals surface area contributed by atoms with Gasteiger partial charge in [-0.1, -0.05) is 12.8 Å². The van der Waals surface area contributed by atoms with Crippen molar-refractivity contribution in [1.82, 2.24) is 25.3 Å². The van der Waals surface area contributed by atoms with Crippen molar-refractivity contribution in [3.05, 3.63) is 76.5 Å². The average Bonchev–Trinajstić information content (AvgIpc) is 3.69. The summed E-state index contributed by atoms with van der Waals surface area (Å²) in [5, 5.41) is 15.9. The highest BCUT2D eigenvalue weighted by Gasteiger charge is 2.23. The Balaban J connectivity index is 1.45. The molecule has 5 N–H and O–H groups in total. The van der Waals surface area contributed by atoms with E-state index in [1.807, 2.05) is 23.8 Å². The molecule has 1 saturated carbocycles. The van der Waals surface area contributed by atoms with E-state index >= 15 is 0 Å². The van der Waals surface area contributed by atoms with E-state index in [1.165, 1.54) is 0 Å². The van der Waals surface area contributed by atoms with Gasteiger partial charge >= 0.3 is 0 Å². The Labute approximate surface area is 224 Å². The number of imidazole rings is 1. The van der Waals surface area contributed by atoms with Gasteiger partial charge in [-0.25, -0.2) is 9.97 Å². The van der Waals surface area contributed by atoms with Crippen molar-refractivity contribution < 1.29 is 4.79 Å². The van der Waals surface area contributed by atoms with Crippen LogP contribution in [0.4, 0.5) is 5.69 Å². The van der Waals surface area contributed by atoms with E-state index in [0.717, 1.165) is 47.8 Å². The second-order valence-corrected chi connectivity index (χ2v) is 10.0. The molecule has 4 aromatic heterocycles. The first-order valence-electron chi connectivity index (χ1n) is 12.3. The molecule has 192 valence electrons. The first-order valence-corrected chi connectivity index (χ1v) is 13.3. The number of hydrogen-bond acceptors (Lipinski definition) is 8. The van der Waals surface area contributed by atoms with Crippen LogP contribution in [0.1, 0.15) is 49.8 Å². The Morgan fingerprint density at radius 2 is 2.08 bits per heavy atom. The zero-order valence-corrected chi connectivity index (χ0v) is 21.8. The molecule has 1 aliphatic rings. The van der Waals surface area contributed by atoms with Crippen LogP contribution in [-0.2, 0) is 4.79 Å². The molecule has 38 heavy (non-hydrogen) atoms. The number of rotatable bonds is 8. The van der Waals surface area contributed by atoms with Crippen LogP contribution in [0.2, 0.25) is 0 Å². The summed E-state index contributed by atoms with van der Waals surface area (Å²) in [5.41, 5.74) is 12.1. The summed E-state index contributed by atoms with van der Waals surface area (Å²) < 4.78 is 0. The number of allylic oxidation sites excluding steroid dienone is 3. The maximum absolute atomic E-state index is 12.6. The van der Waals surface area contributed by atoms with Crippen LogP contribution in [0.3, 0.4) is 0 Å². The van der Waals surface area contributed by atoms with Crippen LogP contribution in [0, 0.1) is 11.3 Å². The number of hydrogen-bond donors (Lipinski definition) is 4. The lowest BCUT2D eigenvalue weighted by Gasteiger charge is -2.12. The zero-order valence-electron chi connectivity index (χ0n) is 21.0. The number of aliphatic imine (C=N–C) groups is 1. The van der Waals surface area contributed by atoms with Crippen molar-refractivity contribution in [3.63, 3.8) is 0 Å². The third-order valence-electron chi connectivity index (χ3n) is 6.57. The third kappa shape index (κ3) is 5.16. The summed E-state index contributed by atoms with van der Waals surface area (Å²) >= 11 is 1.60. The van der Waals surface area contributed by atoms with Crippen LogP contribution in [0.15, 0.2) is 64.3 Å². The van der Waals surface area contributed by atoms with Gasteiger partial charge in [0.15, 0.2) is 5.82 Å². The van der Waals surface area contributed by atoms with E-state index in [1.54, 1.807) is 48.1 Å². The fraction of sp³-hybridized carbons (Fsp3) is 0.214. The zero-order chi connectivity index (χ0) is 26.6. The molecule has 0 bridgehead atoms. The minimum atomic E-state index is 0.0380. The number of aromatic nitrogens is 4. The predicted molar refractivity (Wildman–Crippen MR) is 153 cm³/mol. The topological polar surface area (TPSA) is 146 Å². The standard InChI is InChI=1S/C28H28N8OS/c1-16(33-28(37)17-5-3-4-6-17)11-19(12-31-2)22-8-7-21(29)26(34-22)24(30)27-35-23-14-32-13-20(25(23)36-27)18-9-10-38-15-18/h7-15,17,30H,2-6,29H2,1H3,(H,33,37)(H,35,36)/b16-11+,19-12+,30-24?. The molecule has 0 spiro atoms. The van der Waals surface area contributed by atoms with Crippen LogP contribution in [0.5, 0.6) is 0 Å². The van der Waals surface area contributed by atoms with Gasteiger partial charge in [0.2, 0.25) is 5.91 Å². The van der Waals surface area contributed by atoms with Crippen molar-refractivity contribution in [1.29, 1.82) is 5.41 Å². The van der Waals surface area contributed by atoms with Gasteiger partial charge in [-0.3, -0.25) is 20.2 Å². The van der Waals surface area contributed by atoms with E-state index in [-0.39, 0.29) is 23.2 Å². The molecule has 1 aliphatic carbocycles. The van der Waals surface area contributed by atoms with Crippen molar-refractivity contribution in [3.8, 4) is 11.1 Å². The first-order chi connectivity index (χ1) is 18.4. The summed E-state index contributed by atoms with van der Waals surface area (Å²) in [6.07, 6.45) is 10.9. The molecule has 9 nitrogen and oxygen atoms in total. The molecular weight excluding hydrogens is 496 g/mol. The average molecular weight is 525 g/mol. The highest BCUT2D eigenvalue weighted by Crippen LogP contribution is 2.29.